The van der Waals surface area contributed by atoms with Gasteiger partial charge >= 0.3 is 0 Å². The van der Waals surface area contributed by atoms with Crippen molar-refractivity contribution in [3.8, 4) is 22.8 Å². The Labute approximate surface area is 110 Å². The Hall–Kier alpha value is -1.76. The highest BCUT2D eigenvalue weighted by Gasteiger charge is 2.25. The van der Waals surface area contributed by atoms with Crippen LogP contribution in [0.25, 0.3) is 11.3 Å². The molecule has 0 bridgehead atoms. The van der Waals surface area contributed by atoms with Gasteiger partial charge in [0.25, 0.3) is 0 Å². The van der Waals surface area contributed by atoms with Crippen molar-refractivity contribution in [2.75, 3.05) is 12.5 Å². The summed E-state index contributed by atoms with van der Waals surface area (Å²) in [5, 5.41) is 4.15. The molecule has 18 heavy (non-hydrogen) atoms. The Morgan fingerprint density at radius 2 is 2.22 bits per heavy atom. The van der Waals surface area contributed by atoms with Crippen molar-refractivity contribution in [2.24, 2.45) is 7.05 Å². The van der Waals surface area contributed by atoms with Crippen molar-refractivity contribution in [2.45, 2.75) is 0 Å². The summed E-state index contributed by atoms with van der Waals surface area (Å²) < 4.78 is 26.5. The van der Waals surface area contributed by atoms with Gasteiger partial charge in [0, 0.05) is 19.2 Å². The first-order chi connectivity index (χ1) is 8.58. The summed E-state index contributed by atoms with van der Waals surface area (Å²) >= 11 is 3.32. The summed E-state index contributed by atoms with van der Waals surface area (Å²) in [5.74, 6) is 0.876. The third-order valence-corrected chi connectivity index (χ3v) is 3.49. The first-order valence-corrected chi connectivity index (χ1v) is 5.94. The summed E-state index contributed by atoms with van der Waals surface area (Å²) in [6.07, 6.45) is 0. The van der Waals surface area contributed by atoms with Crippen LogP contribution in [-0.2, 0) is 7.05 Å². The molecular weight excluding hydrogens is 305 g/mol. The number of fused-ring (bicyclic) bond motifs is 1. The Balaban J connectivity index is 2.23. The van der Waals surface area contributed by atoms with Gasteiger partial charge in [-0.15, -0.1) is 0 Å². The number of hydrogen-bond donors (Lipinski definition) is 1. The Morgan fingerprint density at radius 3 is 2.89 bits per heavy atom. The zero-order chi connectivity index (χ0) is 12.9. The van der Waals surface area contributed by atoms with Gasteiger partial charge in [0.1, 0.15) is 11.6 Å². The van der Waals surface area contributed by atoms with Gasteiger partial charge in [0.05, 0.1) is 15.7 Å². The summed E-state index contributed by atoms with van der Waals surface area (Å²) in [4.78, 5) is 0. The van der Waals surface area contributed by atoms with E-state index in [0.29, 0.717) is 33.0 Å². The van der Waals surface area contributed by atoms with Gasteiger partial charge in [-0.05, 0) is 15.9 Å². The second-order valence-electron chi connectivity index (χ2n) is 3.86. The molecule has 5 nitrogen and oxygen atoms in total. The normalized spacial score (nSPS) is 13.1. The molecule has 2 aromatic rings. The highest BCUT2D eigenvalue weighted by molar-refractivity contribution is 9.10. The van der Waals surface area contributed by atoms with Gasteiger partial charge in [-0.2, -0.15) is 5.10 Å². The monoisotopic (exact) mass is 313 g/mol. The van der Waals surface area contributed by atoms with Gasteiger partial charge in [-0.1, -0.05) is 0 Å². The molecule has 0 amide bonds. The Bertz CT molecular complexity index is 622. The number of nitrogens with two attached hydrogens (primary N) is 1. The van der Waals surface area contributed by atoms with E-state index in [1.165, 1.54) is 10.7 Å². The average Bonchev–Trinajstić information content (AvgIpc) is 2.87. The molecule has 2 N–H and O–H groups in total. The minimum atomic E-state index is -0.441. The molecule has 1 aromatic carbocycles. The van der Waals surface area contributed by atoms with E-state index in [4.69, 9.17) is 15.2 Å². The zero-order valence-electron chi connectivity index (χ0n) is 9.41. The smallest absolute Gasteiger partial charge is 0.231 e. The van der Waals surface area contributed by atoms with E-state index in [-0.39, 0.29) is 6.79 Å². The molecule has 3 rings (SSSR count). The van der Waals surface area contributed by atoms with E-state index < -0.39 is 5.82 Å². The zero-order valence-corrected chi connectivity index (χ0v) is 11.0. The second-order valence-corrected chi connectivity index (χ2v) is 4.65. The van der Waals surface area contributed by atoms with Crippen LogP contribution in [0.3, 0.4) is 0 Å². The maximum absolute atomic E-state index is 14.1. The van der Waals surface area contributed by atoms with Crippen molar-refractivity contribution >= 4 is 21.7 Å². The lowest BCUT2D eigenvalue weighted by Gasteiger charge is -2.06. The molecule has 0 fully saturated rings. The van der Waals surface area contributed by atoms with Crippen LogP contribution >= 0.6 is 15.9 Å². The number of ether oxygens (including phenoxy) is 2. The van der Waals surface area contributed by atoms with E-state index in [2.05, 4.69) is 21.0 Å². The highest BCUT2D eigenvalue weighted by atomic mass is 79.9. The predicted octanol–water partition coefficient (Wildman–Crippen LogP) is 2.30. The van der Waals surface area contributed by atoms with Gasteiger partial charge < -0.3 is 15.2 Å². The number of halogens is 2. The molecule has 7 heteroatoms. The average molecular weight is 314 g/mol. The second kappa shape index (κ2) is 3.88. The van der Waals surface area contributed by atoms with Crippen LogP contribution in [0, 0.1) is 5.82 Å². The lowest BCUT2D eigenvalue weighted by molar-refractivity contribution is 0.173. The first-order valence-electron chi connectivity index (χ1n) is 5.15. The molecule has 94 valence electrons. The van der Waals surface area contributed by atoms with Gasteiger partial charge in [0.15, 0.2) is 11.5 Å². The fraction of sp³-hybridized carbons (Fsp3) is 0.182. The van der Waals surface area contributed by atoms with Crippen LogP contribution in [0.2, 0.25) is 0 Å². The molecule has 0 atom stereocenters. The maximum atomic E-state index is 14.1. The van der Waals surface area contributed by atoms with E-state index >= 15 is 0 Å². The van der Waals surface area contributed by atoms with Crippen molar-refractivity contribution in [1.82, 2.24) is 9.78 Å². The summed E-state index contributed by atoms with van der Waals surface area (Å²) in [5.41, 5.74) is 6.45. The largest absolute Gasteiger partial charge is 0.453 e. The molecular formula is C11H9BrFN3O2. The number of hydrogen-bond acceptors (Lipinski definition) is 4. The first kappa shape index (κ1) is 11.3. The minimum Gasteiger partial charge on any atom is -0.453 e. The number of aromatic nitrogens is 2. The minimum absolute atomic E-state index is 0.0845. The number of aryl methyl sites for hydroxylation is 1. The van der Waals surface area contributed by atoms with Gasteiger partial charge in [-0.3, -0.25) is 4.68 Å². The predicted molar refractivity (Wildman–Crippen MR) is 66.8 cm³/mol. The van der Waals surface area contributed by atoms with E-state index in [1.807, 2.05) is 0 Å². The Kier molecular flexibility index (Phi) is 2.44. The fourth-order valence-corrected chi connectivity index (χ4v) is 2.51. The standard InChI is InChI=1S/C11H9BrFN3O2/c1-16-8(14)3-6(15-16)9-5(13)2-7-11(10(9)12)18-4-17-7/h2-3H,4,14H2,1H3. The van der Waals surface area contributed by atoms with Crippen LogP contribution < -0.4 is 15.2 Å². The molecule has 2 heterocycles. The number of nitrogen functional groups attached to an aromatic ring is 1. The molecule has 1 aliphatic rings. The topological polar surface area (TPSA) is 62.3 Å². The molecule has 0 saturated heterocycles. The molecule has 0 spiro atoms. The molecule has 1 aromatic heterocycles. The molecule has 0 aliphatic carbocycles. The number of benzene rings is 1. The lowest BCUT2D eigenvalue weighted by atomic mass is 10.1. The van der Waals surface area contributed by atoms with Crippen LogP contribution in [-0.4, -0.2) is 16.6 Å². The van der Waals surface area contributed by atoms with Crippen LogP contribution in [0.5, 0.6) is 11.5 Å². The highest BCUT2D eigenvalue weighted by Crippen LogP contribution is 2.45. The van der Waals surface area contributed by atoms with Crippen molar-refractivity contribution in [3.63, 3.8) is 0 Å². The molecule has 0 saturated carbocycles. The molecule has 0 unspecified atom stereocenters. The van der Waals surface area contributed by atoms with E-state index in [9.17, 15) is 4.39 Å². The molecule has 0 radical (unpaired) electrons. The van der Waals surface area contributed by atoms with E-state index in [0.717, 1.165) is 0 Å². The quantitative estimate of drug-likeness (QED) is 0.877. The SMILES string of the molecule is Cn1nc(-c2c(F)cc3c(c2Br)OCO3)cc1N. The van der Waals surface area contributed by atoms with Gasteiger partial charge in [0.2, 0.25) is 6.79 Å². The Morgan fingerprint density at radius 1 is 1.44 bits per heavy atom. The van der Waals surface area contributed by atoms with Crippen LogP contribution in [0.15, 0.2) is 16.6 Å². The summed E-state index contributed by atoms with van der Waals surface area (Å²) in [6.45, 7) is 0.0845. The number of rotatable bonds is 1. The maximum Gasteiger partial charge on any atom is 0.231 e. The van der Waals surface area contributed by atoms with E-state index in [1.54, 1.807) is 13.1 Å². The summed E-state index contributed by atoms with van der Waals surface area (Å²) in [7, 11) is 1.69. The fourth-order valence-electron chi connectivity index (χ4n) is 1.81. The van der Waals surface area contributed by atoms with Crippen molar-refractivity contribution < 1.29 is 13.9 Å². The number of anilines is 1. The van der Waals surface area contributed by atoms with Crippen molar-refractivity contribution in [3.05, 3.63) is 22.4 Å². The van der Waals surface area contributed by atoms with Crippen LogP contribution in [0.4, 0.5) is 10.2 Å². The lowest BCUT2D eigenvalue weighted by Crippen LogP contribution is -1.97. The number of nitrogens with zero attached hydrogens (tertiary/aromatic N) is 2. The van der Waals surface area contributed by atoms with Crippen LogP contribution in [0.1, 0.15) is 0 Å². The summed E-state index contributed by atoms with van der Waals surface area (Å²) in [6, 6.07) is 2.89. The third-order valence-electron chi connectivity index (χ3n) is 2.73. The van der Waals surface area contributed by atoms with Gasteiger partial charge in [-0.25, -0.2) is 4.39 Å². The van der Waals surface area contributed by atoms with Crippen molar-refractivity contribution in [1.29, 1.82) is 0 Å². The third kappa shape index (κ3) is 1.54. The molecule has 1 aliphatic heterocycles.